The highest BCUT2D eigenvalue weighted by Crippen LogP contribution is 2.21. The van der Waals surface area contributed by atoms with E-state index in [1.54, 1.807) is 17.4 Å². The molecule has 0 saturated heterocycles. The largest absolute Gasteiger partial charge is 0.478 e. The Balaban J connectivity index is 2.23. The van der Waals surface area contributed by atoms with Gasteiger partial charge < -0.3 is 10.4 Å². The maximum absolute atomic E-state index is 10.1. The van der Waals surface area contributed by atoms with Crippen LogP contribution in [0.2, 0.25) is 0 Å². The number of carbonyl (C=O) groups is 1. The molecule has 0 amide bonds. The van der Waals surface area contributed by atoms with E-state index in [1.807, 2.05) is 11.4 Å². The lowest BCUT2D eigenvalue weighted by atomic mass is 10.4. The number of thiophene rings is 1. The van der Waals surface area contributed by atoms with Gasteiger partial charge in [-0.2, -0.15) is 0 Å². The zero-order valence-electron chi connectivity index (χ0n) is 7.37. The van der Waals surface area contributed by atoms with E-state index >= 15 is 0 Å². The monoisotopic (exact) mass is 275 g/mol. The number of nitrogens with one attached hydrogen (secondary N) is 1. The molecule has 0 aliphatic carbocycles. The third kappa shape index (κ3) is 4.04. The molecule has 3 nitrogen and oxygen atoms in total. The SMILES string of the molecule is O=C(O)/C=C/CNCc1sccc1Br. The summed E-state index contributed by atoms with van der Waals surface area (Å²) in [4.78, 5) is 11.3. The topological polar surface area (TPSA) is 49.3 Å². The molecule has 1 heterocycles. The summed E-state index contributed by atoms with van der Waals surface area (Å²) in [6.07, 6.45) is 2.72. The number of hydrogen-bond acceptors (Lipinski definition) is 3. The molecule has 0 saturated carbocycles. The predicted molar refractivity (Wildman–Crippen MR) is 60.5 cm³/mol. The number of carboxylic acid groups (broad SMARTS) is 1. The molecule has 0 spiro atoms. The van der Waals surface area contributed by atoms with Crippen molar-refractivity contribution in [2.24, 2.45) is 0 Å². The van der Waals surface area contributed by atoms with Crippen LogP contribution in [0, 0.1) is 0 Å². The van der Waals surface area contributed by atoms with Gasteiger partial charge in [0.2, 0.25) is 0 Å². The van der Waals surface area contributed by atoms with E-state index in [-0.39, 0.29) is 0 Å². The van der Waals surface area contributed by atoms with Crippen LogP contribution < -0.4 is 5.32 Å². The van der Waals surface area contributed by atoms with E-state index in [0.29, 0.717) is 6.54 Å². The molecule has 0 bridgehead atoms. The Morgan fingerprint density at radius 1 is 1.71 bits per heavy atom. The maximum atomic E-state index is 10.1. The molecule has 0 radical (unpaired) electrons. The maximum Gasteiger partial charge on any atom is 0.328 e. The van der Waals surface area contributed by atoms with E-state index in [2.05, 4.69) is 21.2 Å². The number of aliphatic carboxylic acids is 1. The molecule has 2 N–H and O–H groups in total. The summed E-state index contributed by atoms with van der Waals surface area (Å²) >= 11 is 5.08. The van der Waals surface area contributed by atoms with Gasteiger partial charge in [-0.1, -0.05) is 6.08 Å². The molecule has 5 heteroatoms. The van der Waals surface area contributed by atoms with Gasteiger partial charge in [0.25, 0.3) is 0 Å². The van der Waals surface area contributed by atoms with Crippen LogP contribution in [0.4, 0.5) is 0 Å². The highest BCUT2D eigenvalue weighted by atomic mass is 79.9. The fraction of sp³-hybridized carbons (Fsp3) is 0.222. The van der Waals surface area contributed by atoms with Gasteiger partial charge in [0.05, 0.1) is 0 Å². The van der Waals surface area contributed by atoms with Crippen LogP contribution >= 0.6 is 27.3 Å². The number of halogens is 1. The van der Waals surface area contributed by atoms with Gasteiger partial charge >= 0.3 is 5.97 Å². The van der Waals surface area contributed by atoms with Crippen LogP contribution in [0.1, 0.15) is 4.88 Å². The molecule has 1 rings (SSSR count). The molecule has 1 aromatic rings. The van der Waals surface area contributed by atoms with Gasteiger partial charge in [-0.3, -0.25) is 0 Å². The van der Waals surface area contributed by atoms with Gasteiger partial charge in [0.1, 0.15) is 0 Å². The second kappa shape index (κ2) is 5.95. The van der Waals surface area contributed by atoms with Crippen molar-refractivity contribution in [3.63, 3.8) is 0 Å². The molecule has 0 aliphatic heterocycles. The smallest absolute Gasteiger partial charge is 0.328 e. The van der Waals surface area contributed by atoms with Crippen molar-refractivity contribution in [2.45, 2.75) is 6.54 Å². The van der Waals surface area contributed by atoms with Gasteiger partial charge in [0.15, 0.2) is 0 Å². The minimum Gasteiger partial charge on any atom is -0.478 e. The summed E-state index contributed by atoms with van der Waals surface area (Å²) in [6, 6.07) is 1.99. The Morgan fingerprint density at radius 3 is 3.07 bits per heavy atom. The van der Waals surface area contributed by atoms with E-state index in [9.17, 15) is 4.79 Å². The average molecular weight is 276 g/mol. The molecule has 0 unspecified atom stereocenters. The fourth-order valence-corrected chi connectivity index (χ4v) is 2.34. The Hall–Kier alpha value is -0.650. The Kier molecular flexibility index (Phi) is 4.86. The van der Waals surface area contributed by atoms with Crippen molar-refractivity contribution in [1.82, 2.24) is 5.32 Å². The molecule has 0 aromatic carbocycles. The van der Waals surface area contributed by atoms with Gasteiger partial charge in [-0.25, -0.2) is 4.79 Å². The molecule has 0 atom stereocenters. The van der Waals surface area contributed by atoms with Crippen molar-refractivity contribution >= 4 is 33.2 Å². The lowest BCUT2D eigenvalue weighted by Gasteiger charge is -1.98. The zero-order chi connectivity index (χ0) is 10.4. The lowest BCUT2D eigenvalue weighted by molar-refractivity contribution is -0.131. The van der Waals surface area contributed by atoms with Crippen LogP contribution in [-0.2, 0) is 11.3 Å². The highest BCUT2D eigenvalue weighted by Gasteiger charge is 1.98. The fourth-order valence-electron chi connectivity index (χ4n) is 0.880. The Bertz CT molecular complexity index is 335. The number of carboxylic acids is 1. The first-order valence-corrected chi connectivity index (χ1v) is 5.69. The summed E-state index contributed by atoms with van der Waals surface area (Å²) in [6.45, 7) is 1.32. The Morgan fingerprint density at radius 2 is 2.50 bits per heavy atom. The van der Waals surface area contributed by atoms with E-state index in [4.69, 9.17) is 5.11 Å². The minimum atomic E-state index is -0.913. The zero-order valence-corrected chi connectivity index (χ0v) is 9.77. The first-order chi connectivity index (χ1) is 6.70. The number of rotatable bonds is 5. The third-order valence-corrected chi connectivity index (χ3v) is 3.43. The van der Waals surface area contributed by atoms with Crippen molar-refractivity contribution in [1.29, 1.82) is 0 Å². The molecule has 1 aromatic heterocycles. The quantitative estimate of drug-likeness (QED) is 0.640. The number of hydrogen-bond donors (Lipinski definition) is 2. The minimum absolute atomic E-state index is 0.566. The second-order valence-corrected chi connectivity index (χ2v) is 4.42. The summed E-state index contributed by atoms with van der Waals surface area (Å²) in [7, 11) is 0. The summed E-state index contributed by atoms with van der Waals surface area (Å²) in [5, 5.41) is 13.4. The molecular weight excluding hydrogens is 266 g/mol. The first-order valence-electron chi connectivity index (χ1n) is 4.02. The molecule has 0 fully saturated rings. The van der Waals surface area contributed by atoms with Crippen molar-refractivity contribution in [3.8, 4) is 0 Å². The van der Waals surface area contributed by atoms with E-state index in [1.165, 1.54) is 4.88 Å². The third-order valence-electron chi connectivity index (χ3n) is 1.50. The molecule has 14 heavy (non-hydrogen) atoms. The van der Waals surface area contributed by atoms with E-state index in [0.717, 1.165) is 17.1 Å². The summed E-state index contributed by atoms with van der Waals surface area (Å²) in [5.41, 5.74) is 0. The van der Waals surface area contributed by atoms with Crippen LogP contribution in [0.15, 0.2) is 28.1 Å². The van der Waals surface area contributed by atoms with Gasteiger partial charge in [-0.15, -0.1) is 11.3 Å². The summed E-state index contributed by atoms with van der Waals surface area (Å²) < 4.78 is 1.09. The summed E-state index contributed by atoms with van der Waals surface area (Å²) in [5.74, 6) is -0.913. The predicted octanol–water partition coefficient (Wildman–Crippen LogP) is 2.24. The average Bonchev–Trinajstić information content (AvgIpc) is 2.51. The lowest BCUT2D eigenvalue weighted by Crippen LogP contribution is -2.12. The normalized spacial score (nSPS) is 10.9. The van der Waals surface area contributed by atoms with Crippen molar-refractivity contribution in [3.05, 3.63) is 32.9 Å². The first kappa shape index (κ1) is 11.4. The van der Waals surface area contributed by atoms with Crippen LogP contribution in [0.25, 0.3) is 0 Å². The molecule has 76 valence electrons. The molecule has 0 aliphatic rings. The van der Waals surface area contributed by atoms with Gasteiger partial charge in [-0.05, 0) is 27.4 Å². The van der Waals surface area contributed by atoms with Crippen molar-refractivity contribution < 1.29 is 9.90 Å². The van der Waals surface area contributed by atoms with Crippen LogP contribution in [-0.4, -0.2) is 17.6 Å². The van der Waals surface area contributed by atoms with Crippen molar-refractivity contribution in [2.75, 3.05) is 6.54 Å². The highest BCUT2D eigenvalue weighted by molar-refractivity contribution is 9.10. The van der Waals surface area contributed by atoms with Gasteiger partial charge in [0, 0.05) is 28.5 Å². The van der Waals surface area contributed by atoms with Crippen LogP contribution in [0.3, 0.4) is 0 Å². The standard InChI is InChI=1S/C9H10BrNO2S/c10-7-3-5-14-8(7)6-11-4-1-2-9(12)13/h1-3,5,11H,4,6H2,(H,12,13)/b2-1+. The van der Waals surface area contributed by atoms with Crippen LogP contribution in [0.5, 0.6) is 0 Å². The second-order valence-electron chi connectivity index (χ2n) is 2.56. The Labute approximate surface area is 94.6 Å². The molecular formula is C9H10BrNO2S. The van der Waals surface area contributed by atoms with E-state index < -0.39 is 5.97 Å².